The molecule has 0 aliphatic carbocycles. The monoisotopic (exact) mass is 567 g/mol. The highest BCUT2D eigenvalue weighted by Gasteiger charge is 2.14. The van der Waals surface area contributed by atoms with Gasteiger partial charge in [0.15, 0.2) is 11.5 Å². The van der Waals surface area contributed by atoms with Crippen LogP contribution in [0.25, 0.3) is 0 Å². The minimum Gasteiger partial charge on any atom is -0.493 e. The molecule has 2 N–H and O–H groups in total. The summed E-state index contributed by atoms with van der Waals surface area (Å²) in [5.74, 6) is -1.28. The van der Waals surface area contributed by atoms with Crippen molar-refractivity contribution in [2.75, 3.05) is 13.7 Å². The molecule has 3 aromatic rings. The van der Waals surface area contributed by atoms with E-state index < -0.39 is 17.8 Å². The molecule has 0 spiro atoms. The van der Waals surface area contributed by atoms with Gasteiger partial charge in [-0.3, -0.25) is 9.59 Å². The van der Waals surface area contributed by atoms with E-state index in [0.29, 0.717) is 15.6 Å². The summed E-state index contributed by atoms with van der Waals surface area (Å²) in [7, 11) is 1.41. The first-order chi connectivity index (χ1) is 17.2. The van der Waals surface area contributed by atoms with Crippen LogP contribution in [0, 0.1) is 0 Å². The lowest BCUT2D eigenvalue weighted by Gasteiger charge is -2.10. The maximum Gasteiger partial charge on any atom is 0.343 e. The van der Waals surface area contributed by atoms with Crippen LogP contribution in [0.5, 0.6) is 11.5 Å². The molecule has 0 saturated carbocycles. The molecule has 0 saturated heterocycles. The van der Waals surface area contributed by atoms with Crippen LogP contribution in [-0.4, -0.2) is 37.7 Å². The number of benzene rings is 3. The highest BCUT2D eigenvalue weighted by molar-refractivity contribution is 6.42. The van der Waals surface area contributed by atoms with Crippen LogP contribution in [0.1, 0.15) is 26.3 Å². The van der Waals surface area contributed by atoms with E-state index in [0.717, 1.165) is 0 Å². The third-order valence-electron chi connectivity index (χ3n) is 4.54. The van der Waals surface area contributed by atoms with Crippen LogP contribution in [0.2, 0.25) is 20.1 Å². The number of halogens is 4. The molecule has 0 aliphatic heterocycles. The lowest BCUT2D eigenvalue weighted by molar-refractivity contribution is -0.120. The average molecular weight is 569 g/mol. The van der Waals surface area contributed by atoms with Gasteiger partial charge in [0, 0.05) is 5.56 Å². The third-order valence-corrected chi connectivity index (χ3v) is 6.02. The van der Waals surface area contributed by atoms with E-state index >= 15 is 0 Å². The van der Waals surface area contributed by atoms with Crippen LogP contribution < -0.4 is 20.2 Å². The second-order valence-corrected chi connectivity index (χ2v) is 8.66. The normalized spacial score (nSPS) is 10.7. The van der Waals surface area contributed by atoms with Crippen molar-refractivity contribution in [3.8, 4) is 11.5 Å². The first-order valence-corrected chi connectivity index (χ1v) is 11.6. The van der Waals surface area contributed by atoms with Crippen LogP contribution in [0.4, 0.5) is 0 Å². The molecule has 0 aromatic heterocycles. The van der Waals surface area contributed by atoms with Crippen molar-refractivity contribution < 1.29 is 23.9 Å². The van der Waals surface area contributed by atoms with E-state index in [1.54, 1.807) is 12.1 Å². The van der Waals surface area contributed by atoms with Gasteiger partial charge in [-0.2, -0.15) is 5.10 Å². The van der Waals surface area contributed by atoms with Gasteiger partial charge in [0.1, 0.15) is 0 Å². The van der Waals surface area contributed by atoms with Gasteiger partial charge < -0.3 is 14.8 Å². The topological polar surface area (TPSA) is 106 Å². The summed E-state index contributed by atoms with van der Waals surface area (Å²) in [6.07, 6.45) is 1.35. The lowest BCUT2D eigenvalue weighted by atomic mass is 10.2. The molecule has 0 bridgehead atoms. The first kappa shape index (κ1) is 27.3. The molecule has 0 radical (unpaired) electrons. The van der Waals surface area contributed by atoms with Gasteiger partial charge >= 0.3 is 5.97 Å². The molecule has 0 atom stereocenters. The van der Waals surface area contributed by atoms with Crippen LogP contribution >= 0.6 is 46.4 Å². The molecule has 2 amide bonds. The molecule has 3 aromatic carbocycles. The highest BCUT2D eigenvalue weighted by atomic mass is 35.5. The minimum atomic E-state index is -0.650. The summed E-state index contributed by atoms with van der Waals surface area (Å²) < 4.78 is 10.7. The van der Waals surface area contributed by atoms with E-state index in [2.05, 4.69) is 15.8 Å². The van der Waals surface area contributed by atoms with Crippen molar-refractivity contribution in [2.45, 2.75) is 0 Å². The van der Waals surface area contributed by atoms with Crippen molar-refractivity contribution in [2.24, 2.45) is 5.10 Å². The van der Waals surface area contributed by atoms with Crippen LogP contribution in [-0.2, 0) is 4.79 Å². The molecule has 8 nitrogen and oxygen atoms in total. The SMILES string of the molecule is COc1cc(C=NNC(=O)CNC(=O)c2ccc(Cl)c(Cl)c2)ccc1OC(=O)c1ccc(Cl)c(Cl)c1. The number of esters is 1. The lowest BCUT2D eigenvalue weighted by Crippen LogP contribution is -2.34. The maximum absolute atomic E-state index is 12.4. The van der Waals surface area contributed by atoms with Crippen molar-refractivity contribution in [3.05, 3.63) is 91.4 Å². The number of carbonyl (C=O) groups is 3. The summed E-state index contributed by atoms with van der Waals surface area (Å²) in [4.78, 5) is 36.5. The standard InChI is InChI=1S/C24H17Cl4N3O5/c1-35-21-8-13(2-7-20(21)36-24(34)15-4-6-17(26)19(28)10-15)11-30-31-22(32)12-29-23(33)14-3-5-16(25)18(27)9-14/h2-11H,12H2,1H3,(H,29,33)(H,31,32). The molecule has 0 aliphatic rings. The van der Waals surface area contributed by atoms with Gasteiger partial charge in [0.05, 0.1) is 45.5 Å². The summed E-state index contributed by atoms with van der Waals surface area (Å²) >= 11 is 23.5. The second kappa shape index (κ2) is 12.6. The number of methoxy groups -OCH3 is 1. The predicted octanol–water partition coefficient (Wildman–Crippen LogP) is 5.41. The van der Waals surface area contributed by atoms with Gasteiger partial charge in [-0.05, 0) is 60.2 Å². The van der Waals surface area contributed by atoms with E-state index in [-0.39, 0.29) is 39.2 Å². The number of ether oxygens (including phenoxy) is 2. The van der Waals surface area contributed by atoms with Gasteiger partial charge in [-0.15, -0.1) is 0 Å². The van der Waals surface area contributed by atoms with E-state index in [4.69, 9.17) is 55.9 Å². The fraction of sp³-hybridized carbons (Fsp3) is 0.0833. The Morgan fingerprint density at radius 2 is 1.47 bits per heavy atom. The summed E-state index contributed by atoms with van der Waals surface area (Å²) in [5, 5.41) is 7.37. The number of hydrogen-bond donors (Lipinski definition) is 2. The summed E-state index contributed by atoms with van der Waals surface area (Å²) in [6, 6.07) is 13.4. The van der Waals surface area contributed by atoms with E-state index in [1.807, 2.05) is 0 Å². The van der Waals surface area contributed by atoms with Crippen LogP contribution in [0.15, 0.2) is 59.7 Å². The number of rotatable bonds is 8. The summed E-state index contributed by atoms with van der Waals surface area (Å²) in [5.41, 5.74) is 3.31. The van der Waals surface area contributed by atoms with E-state index in [1.165, 1.54) is 55.8 Å². The molecule has 3 rings (SSSR count). The van der Waals surface area contributed by atoms with E-state index in [9.17, 15) is 14.4 Å². The first-order valence-electron chi connectivity index (χ1n) is 10.1. The third kappa shape index (κ3) is 7.35. The Labute approximate surface area is 226 Å². The number of carbonyl (C=O) groups excluding carboxylic acids is 3. The number of amides is 2. The van der Waals surface area contributed by atoms with Crippen LogP contribution in [0.3, 0.4) is 0 Å². The Hall–Kier alpha value is -3.30. The molecule has 186 valence electrons. The smallest absolute Gasteiger partial charge is 0.343 e. The average Bonchev–Trinajstić information content (AvgIpc) is 2.86. The number of hydrogen-bond acceptors (Lipinski definition) is 6. The van der Waals surface area contributed by atoms with Gasteiger partial charge in [0.25, 0.3) is 11.8 Å². The van der Waals surface area contributed by atoms with Crippen molar-refractivity contribution >= 4 is 70.4 Å². The maximum atomic E-state index is 12.4. The molecule has 36 heavy (non-hydrogen) atoms. The Kier molecular flexibility index (Phi) is 9.55. The van der Waals surface area contributed by atoms with Gasteiger partial charge in [0.2, 0.25) is 0 Å². The Morgan fingerprint density at radius 1 is 0.833 bits per heavy atom. The minimum absolute atomic E-state index is 0.166. The molecule has 0 heterocycles. The zero-order chi connectivity index (χ0) is 26.2. The zero-order valence-corrected chi connectivity index (χ0v) is 21.5. The second-order valence-electron chi connectivity index (χ2n) is 7.03. The number of nitrogens with one attached hydrogen (secondary N) is 2. The van der Waals surface area contributed by atoms with Crippen molar-refractivity contribution in [1.29, 1.82) is 0 Å². The van der Waals surface area contributed by atoms with Gasteiger partial charge in [-0.1, -0.05) is 46.4 Å². The number of hydrazone groups is 1. The largest absolute Gasteiger partial charge is 0.493 e. The van der Waals surface area contributed by atoms with Crippen molar-refractivity contribution in [3.63, 3.8) is 0 Å². The summed E-state index contributed by atoms with van der Waals surface area (Å²) in [6.45, 7) is -0.316. The molecular formula is C24H17Cl4N3O5. The fourth-order valence-electron chi connectivity index (χ4n) is 2.75. The molecular weight excluding hydrogens is 552 g/mol. The molecule has 0 fully saturated rings. The Morgan fingerprint density at radius 3 is 2.11 bits per heavy atom. The molecule has 0 unspecified atom stereocenters. The highest BCUT2D eigenvalue weighted by Crippen LogP contribution is 2.29. The van der Waals surface area contributed by atoms with Crippen molar-refractivity contribution in [1.82, 2.24) is 10.7 Å². The predicted molar refractivity (Wildman–Crippen MR) is 139 cm³/mol. The Balaban J connectivity index is 1.55. The van der Waals surface area contributed by atoms with Gasteiger partial charge in [-0.25, -0.2) is 10.2 Å². The fourth-order valence-corrected chi connectivity index (χ4v) is 3.35. The zero-order valence-electron chi connectivity index (χ0n) is 18.5. The Bertz CT molecular complexity index is 1350. The number of nitrogens with zero attached hydrogens (tertiary/aromatic N) is 1. The quantitative estimate of drug-likeness (QED) is 0.164. The molecule has 12 heteroatoms.